The molecule has 4 rings (SSSR count). The number of nitrogens with zero attached hydrogens (tertiary/aromatic N) is 3. The van der Waals surface area contributed by atoms with E-state index in [1.807, 2.05) is 34.2 Å². The molecule has 1 unspecified atom stereocenters. The van der Waals surface area contributed by atoms with Crippen molar-refractivity contribution in [2.75, 3.05) is 0 Å². The van der Waals surface area contributed by atoms with Crippen molar-refractivity contribution in [3.63, 3.8) is 0 Å². The van der Waals surface area contributed by atoms with Gasteiger partial charge in [-0.2, -0.15) is 0 Å². The summed E-state index contributed by atoms with van der Waals surface area (Å²) >= 11 is 1.47. The zero-order chi connectivity index (χ0) is 19.3. The number of thiazole rings is 1. The Bertz CT molecular complexity index is 1100. The molecule has 1 atom stereocenters. The fourth-order valence-electron chi connectivity index (χ4n) is 2.97. The Balaban J connectivity index is 1.58. The van der Waals surface area contributed by atoms with Crippen LogP contribution in [0.25, 0.3) is 17.1 Å². The molecule has 5 nitrogen and oxygen atoms in total. The van der Waals surface area contributed by atoms with Gasteiger partial charge in [0.25, 0.3) is 0 Å². The fourth-order valence-corrected chi connectivity index (χ4v) is 3.49. The van der Waals surface area contributed by atoms with Gasteiger partial charge >= 0.3 is 0 Å². The monoisotopic (exact) mass is 392 g/mol. The first-order valence-corrected chi connectivity index (χ1v) is 9.65. The number of carbonyl (C=O) groups is 1. The van der Waals surface area contributed by atoms with Gasteiger partial charge in [-0.05, 0) is 35.9 Å². The van der Waals surface area contributed by atoms with Crippen LogP contribution < -0.4 is 5.32 Å². The molecule has 140 valence electrons. The Morgan fingerprint density at radius 3 is 2.79 bits per heavy atom. The van der Waals surface area contributed by atoms with Crippen molar-refractivity contribution in [3.05, 3.63) is 88.9 Å². The van der Waals surface area contributed by atoms with Crippen molar-refractivity contribution in [2.45, 2.75) is 12.6 Å². The van der Waals surface area contributed by atoms with E-state index in [4.69, 9.17) is 0 Å². The van der Waals surface area contributed by atoms with Gasteiger partial charge in [-0.25, -0.2) is 14.4 Å². The average molecular weight is 392 g/mol. The number of amides is 1. The minimum atomic E-state index is -0.342. The van der Waals surface area contributed by atoms with Crippen LogP contribution in [0.5, 0.6) is 0 Å². The summed E-state index contributed by atoms with van der Waals surface area (Å²) in [6, 6.07) is 13.6. The average Bonchev–Trinajstić information content (AvgIpc) is 3.37. The van der Waals surface area contributed by atoms with Gasteiger partial charge in [0, 0.05) is 18.0 Å². The molecule has 0 aliphatic rings. The second-order valence-corrected chi connectivity index (χ2v) is 6.96. The molecule has 28 heavy (non-hydrogen) atoms. The topological polar surface area (TPSA) is 59.8 Å². The maximum atomic E-state index is 13.4. The van der Waals surface area contributed by atoms with E-state index in [0.29, 0.717) is 6.54 Å². The van der Waals surface area contributed by atoms with Crippen LogP contribution in [0.3, 0.4) is 0 Å². The number of hydrogen-bond donors (Lipinski definition) is 1. The Morgan fingerprint density at radius 1 is 1.18 bits per heavy atom. The Kier molecular flexibility index (Phi) is 5.25. The number of hydrogen-bond acceptors (Lipinski definition) is 4. The van der Waals surface area contributed by atoms with Crippen LogP contribution in [0.4, 0.5) is 4.39 Å². The molecular weight excluding hydrogens is 375 g/mol. The highest BCUT2D eigenvalue weighted by atomic mass is 32.1. The first-order valence-electron chi connectivity index (χ1n) is 8.71. The van der Waals surface area contributed by atoms with Crippen LogP contribution in [-0.2, 0) is 11.3 Å². The van der Waals surface area contributed by atoms with Gasteiger partial charge < -0.3 is 9.88 Å². The van der Waals surface area contributed by atoms with Crippen molar-refractivity contribution >= 4 is 34.4 Å². The summed E-state index contributed by atoms with van der Waals surface area (Å²) in [6.07, 6.45) is 4.87. The standard InChI is InChI=1S/C21H17FN4OS/c22-16-7-5-15(6-8-16)19(25-21(27)10-9-17-12-28-14-24-17)11-26-13-23-18-3-1-2-4-20(18)26/h1-10,12-14,19H,11H2,(H,25,27)/b10-9+. The van der Waals surface area contributed by atoms with Crippen molar-refractivity contribution in [1.29, 1.82) is 0 Å². The summed E-state index contributed by atoms with van der Waals surface area (Å²) < 4.78 is 15.3. The van der Waals surface area contributed by atoms with Crippen molar-refractivity contribution in [1.82, 2.24) is 19.9 Å². The van der Waals surface area contributed by atoms with Gasteiger partial charge in [-0.1, -0.05) is 24.3 Å². The second-order valence-electron chi connectivity index (χ2n) is 6.25. The lowest BCUT2D eigenvalue weighted by Gasteiger charge is -2.19. The van der Waals surface area contributed by atoms with E-state index in [9.17, 15) is 9.18 Å². The van der Waals surface area contributed by atoms with Crippen LogP contribution in [0.15, 0.2) is 71.8 Å². The van der Waals surface area contributed by atoms with Gasteiger partial charge in [-0.15, -0.1) is 11.3 Å². The lowest BCUT2D eigenvalue weighted by molar-refractivity contribution is -0.117. The highest BCUT2D eigenvalue weighted by Gasteiger charge is 2.16. The predicted molar refractivity (Wildman–Crippen MR) is 108 cm³/mol. The quantitative estimate of drug-likeness (QED) is 0.500. The largest absolute Gasteiger partial charge is 0.344 e. The molecule has 2 aromatic heterocycles. The van der Waals surface area contributed by atoms with Crippen molar-refractivity contribution in [2.24, 2.45) is 0 Å². The predicted octanol–water partition coefficient (Wildman–Crippen LogP) is 4.20. The van der Waals surface area contributed by atoms with Crippen LogP contribution >= 0.6 is 11.3 Å². The minimum absolute atomic E-state index is 0.244. The lowest BCUT2D eigenvalue weighted by atomic mass is 10.1. The normalized spacial score (nSPS) is 12.5. The summed E-state index contributed by atoms with van der Waals surface area (Å²) in [7, 11) is 0. The Labute approximate surface area is 165 Å². The van der Waals surface area contributed by atoms with E-state index in [1.165, 1.54) is 29.5 Å². The lowest BCUT2D eigenvalue weighted by Crippen LogP contribution is -2.30. The smallest absolute Gasteiger partial charge is 0.244 e. The molecule has 2 aromatic carbocycles. The zero-order valence-electron chi connectivity index (χ0n) is 14.8. The molecule has 0 radical (unpaired) electrons. The molecule has 1 amide bonds. The molecule has 1 N–H and O–H groups in total. The van der Waals surface area contributed by atoms with Crippen LogP contribution in [0.1, 0.15) is 17.3 Å². The highest BCUT2D eigenvalue weighted by Crippen LogP contribution is 2.20. The first kappa shape index (κ1) is 18.1. The molecule has 7 heteroatoms. The van der Waals surface area contributed by atoms with E-state index in [1.54, 1.807) is 30.0 Å². The number of carbonyl (C=O) groups excluding carboxylic acids is 1. The van der Waals surface area contributed by atoms with E-state index in [-0.39, 0.29) is 17.8 Å². The number of benzene rings is 2. The fraction of sp³-hybridized carbons (Fsp3) is 0.0952. The van der Waals surface area contributed by atoms with Crippen molar-refractivity contribution in [3.8, 4) is 0 Å². The third kappa shape index (κ3) is 4.15. The summed E-state index contributed by atoms with van der Waals surface area (Å²) in [4.78, 5) is 21.0. The number of fused-ring (bicyclic) bond motifs is 1. The summed E-state index contributed by atoms with van der Waals surface area (Å²) in [5, 5.41) is 4.86. The van der Waals surface area contributed by atoms with E-state index in [2.05, 4.69) is 15.3 Å². The summed E-state index contributed by atoms with van der Waals surface area (Å²) in [6.45, 7) is 0.475. The number of aromatic nitrogens is 3. The Morgan fingerprint density at radius 2 is 2.00 bits per heavy atom. The van der Waals surface area contributed by atoms with Gasteiger partial charge in [0.1, 0.15) is 5.82 Å². The Hall–Kier alpha value is -3.32. The minimum Gasteiger partial charge on any atom is -0.344 e. The maximum absolute atomic E-state index is 13.4. The molecule has 0 spiro atoms. The summed E-state index contributed by atoms with van der Waals surface area (Å²) in [5.74, 6) is -0.558. The third-order valence-electron chi connectivity index (χ3n) is 4.35. The van der Waals surface area contributed by atoms with E-state index < -0.39 is 0 Å². The zero-order valence-corrected chi connectivity index (χ0v) is 15.6. The molecule has 0 aliphatic heterocycles. The molecule has 4 aromatic rings. The molecule has 0 bridgehead atoms. The molecule has 0 fully saturated rings. The number of imidazole rings is 1. The highest BCUT2D eigenvalue weighted by molar-refractivity contribution is 7.07. The second kappa shape index (κ2) is 8.14. The first-order chi connectivity index (χ1) is 13.7. The third-order valence-corrected chi connectivity index (χ3v) is 4.96. The number of halogens is 1. The van der Waals surface area contributed by atoms with Gasteiger partial charge in [0.2, 0.25) is 5.91 Å². The van der Waals surface area contributed by atoms with Crippen molar-refractivity contribution < 1.29 is 9.18 Å². The molecule has 2 heterocycles. The maximum Gasteiger partial charge on any atom is 0.244 e. The van der Waals surface area contributed by atoms with Gasteiger partial charge in [0.15, 0.2) is 0 Å². The SMILES string of the molecule is O=C(/C=C/c1cscn1)NC(Cn1cnc2ccccc21)c1ccc(F)cc1. The van der Waals surface area contributed by atoms with E-state index >= 15 is 0 Å². The van der Waals surface area contributed by atoms with Crippen LogP contribution in [0.2, 0.25) is 0 Å². The van der Waals surface area contributed by atoms with Crippen LogP contribution in [0, 0.1) is 5.82 Å². The van der Waals surface area contributed by atoms with E-state index in [0.717, 1.165) is 22.3 Å². The van der Waals surface area contributed by atoms with Crippen LogP contribution in [-0.4, -0.2) is 20.4 Å². The molecule has 0 aliphatic carbocycles. The molecule has 0 saturated heterocycles. The number of nitrogens with one attached hydrogen (secondary N) is 1. The van der Waals surface area contributed by atoms with Gasteiger partial charge in [0.05, 0.1) is 34.6 Å². The summed E-state index contributed by atoms with van der Waals surface area (Å²) in [5.41, 5.74) is 5.12. The number of rotatable bonds is 6. The molecule has 0 saturated carbocycles. The van der Waals surface area contributed by atoms with Gasteiger partial charge in [-0.3, -0.25) is 4.79 Å². The number of para-hydroxylation sites is 2. The molecular formula is C21H17FN4OS.